The van der Waals surface area contributed by atoms with Gasteiger partial charge in [0.15, 0.2) is 0 Å². The minimum Gasteiger partial charge on any atom is -0.0616 e. The predicted octanol–water partition coefficient (Wildman–Crippen LogP) is 7.85. The number of hydrogen-bond acceptors (Lipinski definition) is 0. The van der Waals surface area contributed by atoms with Gasteiger partial charge in [-0.05, 0) is 95.9 Å². The van der Waals surface area contributed by atoms with E-state index >= 15 is 0 Å². The van der Waals surface area contributed by atoms with Crippen molar-refractivity contribution >= 4 is 10.8 Å². The highest BCUT2D eigenvalue weighted by Crippen LogP contribution is 2.57. The molecule has 147 valence electrons. The second-order valence-corrected chi connectivity index (χ2v) is 10.5. The van der Waals surface area contributed by atoms with Gasteiger partial charge in [-0.15, -0.1) is 0 Å². The summed E-state index contributed by atoms with van der Waals surface area (Å²) < 4.78 is 0. The minimum atomic E-state index is 0.765. The molecule has 1 radical (unpaired) electrons. The number of hydrogen-bond donors (Lipinski definition) is 0. The van der Waals surface area contributed by atoms with Gasteiger partial charge in [-0.25, -0.2) is 0 Å². The van der Waals surface area contributed by atoms with Crippen LogP contribution in [0.5, 0.6) is 0 Å². The van der Waals surface area contributed by atoms with Crippen molar-refractivity contribution in [2.45, 2.75) is 83.0 Å². The molecule has 28 heavy (non-hydrogen) atoms. The molecule has 4 aliphatic rings. The molecule has 0 bridgehead atoms. The summed E-state index contributed by atoms with van der Waals surface area (Å²) in [6, 6.07) is 14.1. The fraction of sp³-hybridized carbons (Fsp3) is 0.607. The number of aryl methyl sites for hydroxylation is 1. The van der Waals surface area contributed by atoms with Gasteiger partial charge in [0.1, 0.15) is 0 Å². The standard InChI is InChI=1S/C28H35/c1-3-9-21-17-27-23(15-19(21)7-1)11-5-13-25(27)26-14-6-12-24-16-20-8-2-4-10-22(20)18-28(24)26/h1,3,7,9,15,17,20,22,24-25,28H,2,4-6,8,10-14,16,18H2. The first kappa shape index (κ1) is 17.5. The van der Waals surface area contributed by atoms with E-state index in [0.717, 1.165) is 29.6 Å². The number of benzene rings is 2. The Labute approximate surface area is 171 Å². The van der Waals surface area contributed by atoms with Crippen molar-refractivity contribution in [3.63, 3.8) is 0 Å². The van der Waals surface area contributed by atoms with E-state index in [4.69, 9.17) is 0 Å². The maximum absolute atomic E-state index is 2.58. The summed E-state index contributed by atoms with van der Waals surface area (Å²) in [6.45, 7) is 0. The molecule has 0 N–H and O–H groups in total. The predicted molar refractivity (Wildman–Crippen MR) is 118 cm³/mol. The van der Waals surface area contributed by atoms with E-state index in [0.29, 0.717) is 0 Å². The molecule has 5 unspecified atom stereocenters. The lowest BCUT2D eigenvalue weighted by molar-refractivity contribution is 0.0576. The Morgan fingerprint density at radius 1 is 0.643 bits per heavy atom. The van der Waals surface area contributed by atoms with Crippen LogP contribution in [0.25, 0.3) is 10.8 Å². The fourth-order valence-corrected chi connectivity index (χ4v) is 7.82. The van der Waals surface area contributed by atoms with Crippen LogP contribution >= 0.6 is 0 Å². The largest absolute Gasteiger partial charge is 0.0616 e. The lowest BCUT2D eigenvalue weighted by atomic mass is 9.54. The summed E-state index contributed by atoms with van der Waals surface area (Å²) in [5.74, 6) is 6.88. The molecule has 0 heteroatoms. The summed E-state index contributed by atoms with van der Waals surface area (Å²) in [5.41, 5.74) is 3.38. The van der Waals surface area contributed by atoms with E-state index in [1.165, 1.54) is 68.6 Å². The Bertz CT molecular complexity index is 848. The molecule has 4 aliphatic carbocycles. The molecule has 6 rings (SSSR count). The van der Waals surface area contributed by atoms with Crippen LogP contribution in [0.15, 0.2) is 36.4 Å². The molecule has 2 aromatic rings. The summed E-state index contributed by atoms with van der Waals surface area (Å²) in [7, 11) is 0. The monoisotopic (exact) mass is 371 g/mol. The zero-order chi connectivity index (χ0) is 18.5. The Balaban J connectivity index is 1.34. The fourth-order valence-electron chi connectivity index (χ4n) is 7.82. The van der Waals surface area contributed by atoms with Crippen molar-refractivity contribution in [3.05, 3.63) is 53.4 Å². The molecule has 0 nitrogen and oxygen atoms in total. The number of fused-ring (bicyclic) bond motifs is 4. The lowest BCUT2D eigenvalue weighted by Gasteiger charge is -2.51. The third-order valence-electron chi connectivity index (χ3n) is 9.08. The second kappa shape index (κ2) is 7.19. The Morgan fingerprint density at radius 3 is 2.21 bits per heavy atom. The molecular weight excluding hydrogens is 336 g/mol. The van der Waals surface area contributed by atoms with Crippen LogP contribution in [-0.2, 0) is 6.42 Å². The van der Waals surface area contributed by atoms with Gasteiger partial charge in [0, 0.05) is 0 Å². The van der Waals surface area contributed by atoms with Gasteiger partial charge in [-0.2, -0.15) is 0 Å². The maximum atomic E-state index is 2.58. The molecule has 0 spiro atoms. The van der Waals surface area contributed by atoms with Crippen LogP contribution < -0.4 is 0 Å². The van der Waals surface area contributed by atoms with Crippen LogP contribution in [0, 0.1) is 29.6 Å². The van der Waals surface area contributed by atoms with E-state index in [1.807, 2.05) is 5.92 Å². The topological polar surface area (TPSA) is 0 Å². The van der Waals surface area contributed by atoms with Crippen molar-refractivity contribution < 1.29 is 0 Å². The van der Waals surface area contributed by atoms with Crippen LogP contribution in [-0.4, -0.2) is 0 Å². The summed E-state index contributed by atoms with van der Waals surface area (Å²) >= 11 is 0. The van der Waals surface area contributed by atoms with Crippen LogP contribution in [0.2, 0.25) is 0 Å². The smallest absolute Gasteiger partial charge is 0.00939 e. The van der Waals surface area contributed by atoms with E-state index in [2.05, 4.69) is 36.4 Å². The zero-order valence-corrected chi connectivity index (χ0v) is 17.3. The molecule has 5 atom stereocenters. The highest BCUT2D eigenvalue weighted by molar-refractivity contribution is 5.84. The van der Waals surface area contributed by atoms with Crippen molar-refractivity contribution in [1.29, 1.82) is 0 Å². The highest BCUT2D eigenvalue weighted by atomic mass is 14.5. The van der Waals surface area contributed by atoms with Crippen molar-refractivity contribution in [3.8, 4) is 0 Å². The molecule has 0 aliphatic heterocycles. The van der Waals surface area contributed by atoms with E-state index < -0.39 is 0 Å². The van der Waals surface area contributed by atoms with Crippen LogP contribution in [0.1, 0.15) is 87.7 Å². The SMILES string of the molecule is c1ccc2cc3c(cc2c1)CCCC3[C]1CCCC2CC3CCCCC3CC12. The van der Waals surface area contributed by atoms with E-state index in [9.17, 15) is 0 Å². The third kappa shape index (κ3) is 2.94. The number of rotatable bonds is 1. The van der Waals surface area contributed by atoms with Crippen molar-refractivity contribution in [1.82, 2.24) is 0 Å². The second-order valence-electron chi connectivity index (χ2n) is 10.5. The average Bonchev–Trinajstić information content (AvgIpc) is 2.75. The van der Waals surface area contributed by atoms with Crippen LogP contribution in [0.4, 0.5) is 0 Å². The van der Waals surface area contributed by atoms with E-state index in [-0.39, 0.29) is 0 Å². The maximum Gasteiger partial charge on any atom is -0.00939 e. The molecule has 0 heterocycles. The molecule has 0 saturated heterocycles. The van der Waals surface area contributed by atoms with Crippen molar-refractivity contribution in [2.75, 3.05) is 0 Å². The quantitative estimate of drug-likeness (QED) is 0.479. The minimum absolute atomic E-state index is 0.765. The van der Waals surface area contributed by atoms with Gasteiger partial charge in [0.2, 0.25) is 0 Å². The average molecular weight is 372 g/mol. The molecule has 0 aromatic heterocycles. The van der Waals surface area contributed by atoms with Gasteiger partial charge in [0.25, 0.3) is 0 Å². The zero-order valence-electron chi connectivity index (χ0n) is 17.3. The summed E-state index contributed by atoms with van der Waals surface area (Å²) in [5, 5.41) is 2.90. The Kier molecular flexibility index (Phi) is 4.51. The third-order valence-corrected chi connectivity index (χ3v) is 9.08. The molecular formula is C28H35. The first-order valence-corrected chi connectivity index (χ1v) is 12.2. The van der Waals surface area contributed by atoms with Gasteiger partial charge in [-0.3, -0.25) is 0 Å². The van der Waals surface area contributed by atoms with Gasteiger partial charge in [0.05, 0.1) is 0 Å². The molecule has 2 aromatic carbocycles. The normalized spacial score (nSPS) is 35.8. The van der Waals surface area contributed by atoms with Crippen molar-refractivity contribution in [2.24, 2.45) is 23.7 Å². The summed E-state index contributed by atoms with van der Waals surface area (Å²) in [4.78, 5) is 0. The Morgan fingerprint density at radius 2 is 1.36 bits per heavy atom. The van der Waals surface area contributed by atoms with Gasteiger partial charge >= 0.3 is 0 Å². The lowest BCUT2D eigenvalue weighted by Crippen LogP contribution is -2.40. The summed E-state index contributed by atoms with van der Waals surface area (Å²) in [6.07, 6.45) is 17.7. The van der Waals surface area contributed by atoms with Crippen LogP contribution in [0.3, 0.4) is 0 Å². The first-order valence-electron chi connectivity index (χ1n) is 12.2. The molecule has 3 fully saturated rings. The highest BCUT2D eigenvalue weighted by Gasteiger charge is 2.45. The Hall–Kier alpha value is -1.30. The van der Waals surface area contributed by atoms with E-state index in [1.54, 1.807) is 30.4 Å². The van der Waals surface area contributed by atoms with Gasteiger partial charge < -0.3 is 0 Å². The molecule has 0 amide bonds. The molecule has 3 saturated carbocycles. The van der Waals surface area contributed by atoms with Gasteiger partial charge in [-0.1, -0.05) is 74.9 Å². The first-order chi connectivity index (χ1) is 13.9.